The average molecular weight is 359 g/mol. The van der Waals surface area contributed by atoms with Crippen LogP contribution in [-0.2, 0) is 17.1 Å². The van der Waals surface area contributed by atoms with E-state index < -0.39 is 19.5 Å². The molecule has 0 atom stereocenters. The zero-order valence-electron chi connectivity index (χ0n) is 7.09. The minimum atomic E-state index is -11.2. The van der Waals surface area contributed by atoms with E-state index in [1.54, 1.807) is 0 Å². The number of halogens is 6. The summed E-state index contributed by atoms with van der Waals surface area (Å²) in [6.07, 6.45) is 9.50. The van der Waals surface area contributed by atoms with Crippen LogP contribution in [-0.4, -0.2) is 19.5 Å². The van der Waals surface area contributed by atoms with Crippen molar-refractivity contribution < 1.29 is 35.4 Å². The van der Waals surface area contributed by atoms with Crippen LogP contribution in [0.15, 0.2) is 24.3 Å². The third-order valence-electron chi connectivity index (χ3n) is 0.655. The summed E-state index contributed by atoms with van der Waals surface area (Å²) < 4.78 is 59.6. The molecule has 1 rings (SSSR count). The van der Waals surface area contributed by atoms with Crippen LogP contribution < -0.4 is 0 Å². The van der Waals surface area contributed by atoms with Crippen molar-refractivity contribution in [1.82, 2.24) is 0 Å². The summed E-state index contributed by atoms with van der Waals surface area (Å²) in [4.78, 5) is 0. The van der Waals surface area contributed by atoms with Crippen molar-refractivity contribution in [3.8, 4) is 0 Å². The summed E-state index contributed by atoms with van der Waals surface area (Å²) in [5, 5.41) is 0. The first kappa shape index (κ1) is 15.9. The summed E-state index contributed by atoms with van der Waals surface area (Å²) in [6, 6.07) is 0. The minimum Gasteiger partial charge on any atom is 0 e. The van der Waals surface area contributed by atoms with E-state index in [9.17, 15) is 16.9 Å². The van der Waals surface area contributed by atoms with Gasteiger partial charge in [-0.1, -0.05) is 24.3 Å². The van der Waals surface area contributed by atoms with E-state index >= 15 is 0 Å². The number of rotatable bonds is 0. The second-order valence-corrected chi connectivity index (χ2v) is 7.52. The molecule has 0 fully saturated rings. The van der Waals surface area contributed by atoms with E-state index in [4.69, 9.17) is 0 Å². The first-order valence-corrected chi connectivity index (χ1v) is 8.62. The van der Waals surface area contributed by atoms with Gasteiger partial charge >= 0.3 is 37.8 Å². The third-order valence-corrected chi connectivity index (χ3v) is 0.655. The Kier molecular flexibility index (Phi) is 4.72. The Morgan fingerprint density at radius 1 is 0.846 bits per heavy atom. The van der Waals surface area contributed by atoms with Gasteiger partial charge in [0.2, 0.25) is 0 Å². The van der Waals surface area contributed by atoms with E-state index in [1.165, 1.54) is 0 Å². The fourth-order valence-corrected chi connectivity index (χ4v) is 0.393. The van der Waals surface area contributed by atoms with Crippen LogP contribution in [0.4, 0.5) is 16.9 Å². The largest absolute Gasteiger partial charge is 1.00 e. The maximum absolute atomic E-state index is 11.2. The van der Waals surface area contributed by atoms with E-state index in [-0.39, 0.29) is 18.5 Å². The molecule has 0 saturated carbocycles. The molecule has 13 heavy (non-hydrogen) atoms. The molecular formula is C5H7F6FeSb. The van der Waals surface area contributed by atoms with Gasteiger partial charge in [-0.2, -0.15) is 0 Å². The molecule has 0 amide bonds. The summed E-state index contributed by atoms with van der Waals surface area (Å²) in [6.45, 7) is 0. The fourth-order valence-electron chi connectivity index (χ4n) is 0.393. The first-order valence-electron chi connectivity index (χ1n) is 2.83. The van der Waals surface area contributed by atoms with Crippen LogP contribution >= 0.6 is 0 Å². The Morgan fingerprint density at radius 3 is 1.15 bits per heavy atom. The van der Waals surface area contributed by atoms with Crippen molar-refractivity contribution in [3.63, 3.8) is 0 Å². The Bertz CT molecular complexity index is 194. The van der Waals surface area contributed by atoms with Gasteiger partial charge in [0.25, 0.3) is 0 Å². The van der Waals surface area contributed by atoms with Gasteiger partial charge in [0, 0.05) is 17.1 Å². The van der Waals surface area contributed by atoms with E-state index in [0.717, 1.165) is 6.42 Å². The molecule has 0 unspecified atom stereocenters. The van der Waals surface area contributed by atoms with Crippen molar-refractivity contribution in [2.45, 2.75) is 6.42 Å². The molecule has 0 aliphatic heterocycles. The molecule has 8 heteroatoms. The normalized spacial score (nSPS) is 19.2. The SMILES string of the molecule is C1=CCC=C1.[F][Sb-]([F])([F])([F])([F])[F].[Fe].[H+]. The molecular weight excluding hydrogens is 352 g/mol. The van der Waals surface area contributed by atoms with Crippen LogP contribution in [0.1, 0.15) is 7.85 Å². The van der Waals surface area contributed by atoms with Gasteiger partial charge in [-0.05, 0) is 6.42 Å². The van der Waals surface area contributed by atoms with Gasteiger partial charge in [0.1, 0.15) is 0 Å². The molecule has 0 aromatic rings. The van der Waals surface area contributed by atoms with Gasteiger partial charge < -0.3 is 0 Å². The van der Waals surface area contributed by atoms with E-state index in [1.807, 2.05) is 0 Å². The Labute approximate surface area is 85.5 Å². The van der Waals surface area contributed by atoms with Gasteiger partial charge in [0.15, 0.2) is 0 Å². The molecule has 0 aromatic carbocycles. The maximum atomic E-state index is 9.93. The minimum absolute atomic E-state index is 0. The quantitative estimate of drug-likeness (QED) is 0.457. The number of hydrogen-bond donors (Lipinski definition) is 0. The first-order chi connectivity index (χ1) is 4.95. The van der Waals surface area contributed by atoms with E-state index in [0.29, 0.717) is 0 Å². The van der Waals surface area contributed by atoms with Gasteiger partial charge in [-0.15, -0.1) is 0 Å². The smallest absolute Gasteiger partial charge is 0 e. The summed E-state index contributed by atoms with van der Waals surface area (Å²) in [5.74, 6) is 0. The molecule has 82 valence electrons. The zero-order chi connectivity index (χ0) is 9.94. The van der Waals surface area contributed by atoms with Gasteiger partial charge in [0.05, 0.1) is 0 Å². The fraction of sp³-hybridized carbons (Fsp3) is 0.200. The maximum Gasteiger partial charge on any atom is 1.00 e. The standard InChI is InChI=1S/C5H6.6FH.Fe.Sb/c1-2-4-5-3-1;;;;;;;;/h1-4H,5H2;6*1H;;/q;;;;;;;;+5/p-5. The summed E-state index contributed by atoms with van der Waals surface area (Å²) in [7, 11) is 0. The van der Waals surface area contributed by atoms with Crippen molar-refractivity contribution >= 4 is 19.5 Å². The van der Waals surface area contributed by atoms with Crippen molar-refractivity contribution in [3.05, 3.63) is 24.3 Å². The van der Waals surface area contributed by atoms with Crippen molar-refractivity contribution in [1.29, 1.82) is 0 Å². The summed E-state index contributed by atoms with van der Waals surface area (Å²) >= 11 is -11.2. The number of allylic oxidation sites excluding steroid dienone is 4. The molecule has 1 aliphatic rings. The molecule has 0 heterocycles. The predicted molar refractivity (Wildman–Crippen MR) is 36.4 cm³/mol. The molecule has 0 spiro atoms. The van der Waals surface area contributed by atoms with Crippen LogP contribution in [0.5, 0.6) is 0 Å². The van der Waals surface area contributed by atoms with Crippen LogP contribution in [0.2, 0.25) is 0 Å². The summed E-state index contributed by atoms with van der Waals surface area (Å²) in [5.41, 5.74) is 0. The second-order valence-electron chi connectivity index (χ2n) is 2.05. The molecule has 0 nitrogen and oxygen atoms in total. The van der Waals surface area contributed by atoms with Crippen LogP contribution in [0, 0.1) is 0 Å². The van der Waals surface area contributed by atoms with Crippen LogP contribution in [0.3, 0.4) is 0 Å². The molecule has 0 aromatic heterocycles. The Balaban J connectivity index is -0.000000155. The monoisotopic (exact) mass is 358 g/mol. The Morgan fingerprint density at radius 2 is 1.08 bits per heavy atom. The van der Waals surface area contributed by atoms with Crippen molar-refractivity contribution in [2.24, 2.45) is 0 Å². The van der Waals surface area contributed by atoms with Gasteiger partial charge in [-0.25, -0.2) is 0 Å². The third kappa shape index (κ3) is 46.0. The van der Waals surface area contributed by atoms with Crippen molar-refractivity contribution in [2.75, 3.05) is 0 Å². The molecule has 1 aliphatic carbocycles. The topological polar surface area (TPSA) is 0 Å². The molecule has 0 radical (unpaired) electrons. The predicted octanol–water partition coefficient (Wildman–Crippen LogP) is 3.75. The Hall–Kier alpha value is 0.398. The molecule has 0 saturated heterocycles. The van der Waals surface area contributed by atoms with Gasteiger partial charge in [-0.3, -0.25) is 0 Å². The average Bonchev–Trinajstić information content (AvgIpc) is 2.00. The zero-order valence-corrected chi connectivity index (χ0v) is 9.74. The van der Waals surface area contributed by atoms with Crippen LogP contribution in [0.25, 0.3) is 0 Å². The second kappa shape index (κ2) is 3.87. The molecule has 0 N–H and O–H groups in total. The number of hydrogen-bond acceptors (Lipinski definition) is 0. The molecule has 0 bridgehead atoms. The van der Waals surface area contributed by atoms with E-state index in [2.05, 4.69) is 24.3 Å².